The standard InChI is InChI=1S/C16H29N5/c1-4-7-14-15(17-5-2)19-12-20-16(14)18-10-13-8-9-21(6-3)11-13/h12-13H,4-11H2,1-3H3,(H2,17,18,19,20). The van der Waals surface area contributed by atoms with Crippen LogP contribution in [-0.4, -0.2) is 47.6 Å². The fourth-order valence-electron chi connectivity index (χ4n) is 2.98. The summed E-state index contributed by atoms with van der Waals surface area (Å²) in [6.45, 7) is 12.0. The SMILES string of the molecule is CCCc1c(NCC)ncnc1NCC1CCN(CC)C1. The molecule has 0 aliphatic carbocycles. The molecule has 0 amide bonds. The van der Waals surface area contributed by atoms with Gasteiger partial charge in [-0.15, -0.1) is 0 Å². The van der Waals surface area contributed by atoms with Crippen molar-refractivity contribution in [3.63, 3.8) is 0 Å². The van der Waals surface area contributed by atoms with Gasteiger partial charge in [0.05, 0.1) is 0 Å². The maximum absolute atomic E-state index is 4.46. The molecule has 1 aromatic heterocycles. The van der Waals surface area contributed by atoms with Gasteiger partial charge in [-0.05, 0) is 38.8 Å². The van der Waals surface area contributed by atoms with Crippen molar-refractivity contribution in [3.05, 3.63) is 11.9 Å². The molecule has 5 nitrogen and oxygen atoms in total. The number of nitrogens with zero attached hydrogens (tertiary/aromatic N) is 3. The van der Waals surface area contributed by atoms with Crippen LogP contribution >= 0.6 is 0 Å². The zero-order valence-electron chi connectivity index (χ0n) is 13.7. The normalized spacial score (nSPS) is 18.9. The van der Waals surface area contributed by atoms with Crippen molar-refractivity contribution in [2.45, 2.75) is 40.0 Å². The van der Waals surface area contributed by atoms with E-state index in [1.54, 1.807) is 6.33 Å². The minimum atomic E-state index is 0.733. The lowest BCUT2D eigenvalue weighted by molar-refractivity contribution is 0.345. The molecule has 1 fully saturated rings. The highest BCUT2D eigenvalue weighted by atomic mass is 15.1. The number of anilines is 2. The molecule has 1 saturated heterocycles. The Hall–Kier alpha value is -1.36. The van der Waals surface area contributed by atoms with E-state index in [9.17, 15) is 0 Å². The molecule has 0 bridgehead atoms. The summed E-state index contributed by atoms with van der Waals surface area (Å²) in [5.41, 5.74) is 1.23. The molecule has 2 heterocycles. The van der Waals surface area contributed by atoms with Crippen molar-refractivity contribution in [2.24, 2.45) is 5.92 Å². The Morgan fingerprint density at radius 2 is 1.95 bits per heavy atom. The molecule has 1 aromatic rings. The molecule has 21 heavy (non-hydrogen) atoms. The second kappa shape index (κ2) is 8.17. The van der Waals surface area contributed by atoms with E-state index in [4.69, 9.17) is 0 Å². The molecule has 2 rings (SSSR count). The summed E-state index contributed by atoms with van der Waals surface area (Å²) in [6.07, 6.45) is 5.06. The van der Waals surface area contributed by atoms with E-state index in [0.717, 1.165) is 50.0 Å². The van der Waals surface area contributed by atoms with Crippen LogP contribution < -0.4 is 10.6 Å². The van der Waals surface area contributed by atoms with E-state index in [1.807, 2.05) is 0 Å². The Bertz CT molecular complexity index is 435. The van der Waals surface area contributed by atoms with Crippen LogP contribution in [0.3, 0.4) is 0 Å². The van der Waals surface area contributed by atoms with Crippen LogP contribution in [0.2, 0.25) is 0 Å². The van der Waals surface area contributed by atoms with E-state index < -0.39 is 0 Å². The van der Waals surface area contributed by atoms with E-state index in [2.05, 4.69) is 46.3 Å². The van der Waals surface area contributed by atoms with Gasteiger partial charge in [0.2, 0.25) is 0 Å². The Morgan fingerprint density at radius 1 is 1.19 bits per heavy atom. The van der Waals surface area contributed by atoms with Crippen molar-refractivity contribution < 1.29 is 0 Å². The lowest BCUT2D eigenvalue weighted by Gasteiger charge is -2.17. The van der Waals surface area contributed by atoms with Crippen molar-refractivity contribution >= 4 is 11.6 Å². The molecule has 1 atom stereocenters. The molecule has 1 aliphatic heterocycles. The fourth-order valence-corrected chi connectivity index (χ4v) is 2.98. The molecule has 0 spiro atoms. The van der Waals surface area contributed by atoms with E-state index in [1.165, 1.54) is 25.1 Å². The average Bonchev–Trinajstić information content (AvgIpc) is 2.96. The van der Waals surface area contributed by atoms with Crippen molar-refractivity contribution in [2.75, 3.05) is 43.4 Å². The zero-order valence-corrected chi connectivity index (χ0v) is 13.7. The summed E-state index contributed by atoms with van der Waals surface area (Å²) in [4.78, 5) is 11.4. The van der Waals surface area contributed by atoms with Crippen molar-refractivity contribution in [1.29, 1.82) is 0 Å². The lowest BCUT2D eigenvalue weighted by Crippen LogP contribution is -2.23. The Labute approximate surface area is 128 Å². The average molecular weight is 291 g/mol. The van der Waals surface area contributed by atoms with Crippen molar-refractivity contribution in [3.8, 4) is 0 Å². The number of hydrogen-bond acceptors (Lipinski definition) is 5. The third-order valence-electron chi connectivity index (χ3n) is 4.16. The number of rotatable bonds is 8. The second-order valence-electron chi connectivity index (χ2n) is 5.76. The smallest absolute Gasteiger partial charge is 0.134 e. The Morgan fingerprint density at radius 3 is 2.57 bits per heavy atom. The van der Waals surface area contributed by atoms with Gasteiger partial charge in [0.25, 0.3) is 0 Å². The number of aromatic nitrogens is 2. The lowest BCUT2D eigenvalue weighted by atomic mass is 10.1. The summed E-state index contributed by atoms with van der Waals surface area (Å²) in [6, 6.07) is 0. The van der Waals surface area contributed by atoms with Crippen LogP contribution in [0.5, 0.6) is 0 Å². The first kappa shape index (κ1) is 16.0. The van der Waals surface area contributed by atoms with E-state index >= 15 is 0 Å². The van der Waals surface area contributed by atoms with E-state index in [0.29, 0.717) is 0 Å². The summed E-state index contributed by atoms with van der Waals surface area (Å²) in [5, 5.41) is 6.91. The van der Waals surface area contributed by atoms with Crippen molar-refractivity contribution in [1.82, 2.24) is 14.9 Å². The molecule has 5 heteroatoms. The molecule has 118 valence electrons. The fraction of sp³-hybridized carbons (Fsp3) is 0.750. The molecular formula is C16H29N5. The quantitative estimate of drug-likeness (QED) is 0.771. The van der Waals surface area contributed by atoms with Gasteiger partial charge >= 0.3 is 0 Å². The van der Waals surface area contributed by atoms with Gasteiger partial charge < -0.3 is 15.5 Å². The van der Waals surface area contributed by atoms with Crippen LogP contribution in [0.25, 0.3) is 0 Å². The van der Waals surface area contributed by atoms with Gasteiger partial charge in [0, 0.05) is 25.2 Å². The third-order valence-corrected chi connectivity index (χ3v) is 4.16. The van der Waals surface area contributed by atoms with Gasteiger partial charge in [0.15, 0.2) is 0 Å². The van der Waals surface area contributed by atoms with Gasteiger partial charge in [-0.2, -0.15) is 0 Å². The monoisotopic (exact) mass is 291 g/mol. The number of likely N-dealkylation sites (tertiary alicyclic amines) is 1. The van der Waals surface area contributed by atoms with Crippen LogP contribution in [-0.2, 0) is 6.42 Å². The summed E-state index contributed by atoms with van der Waals surface area (Å²) in [7, 11) is 0. The highest BCUT2D eigenvalue weighted by Gasteiger charge is 2.21. The molecule has 1 unspecified atom stereocenters. The molecule has 2 N–H and O–H groups in total. The maximum atomic E-state index is 4.46. The molecule has 1 aliphatic rings. The van der Waals surface area contributed by atoms with Crippen LogP contribution in [0.15, 0.2) is 6.33 Å². The first-order valence-electron chi connectivity index (χ1n) is 8.32. The summed E-state index contributed by atoms with van der Waals surface area (Å²) in [5.74, 6) is 2.73. The zero-order chi connectivity index (χ0) is 15.1. The molecule has 0 aromatic carbocycles. The van der Waals surface area contributed by atoms with Crippen LogP contribution in [0, 0.1) is 5.92 Å². The van der Waals surface area contributed by atoms with Crippen LogP contribution in [0.4, 0.5) is 11.6 Å². The molecule has 0 saturated carbocycles. The predicted molar refractivity (Wildman–Crippen MR) is 88.9 cm³/mol. The number of hydrogen-bond donors (Lipinski definition) is 2. The van der Waals surface area contributed by atoms with Gasteiger partial charge in [-0.25, -0.2) is 9.97 Å². The first-order valence-corrected chi connectivity index (χ1v) is 8.32. The first-order chi connectivity index (χ1) is 10.3. The van der Waals surface area contributed by atoms with Gasteiger partial charge in [0.1, 0.15) is 18.0 Å². The largest absolute Gasteiger partial charge is 0.370 e. The Balaban J connectivity index is 2.00. The topological polar surface area (TPSA) is 53.1 Å². The minimum absolute atomic E-state index is 0.733. The maximum Gasteiger partial charge on any atom is 0.134 e. The Kier molecular flexibility index (Phi) is 6.23. The van der Waals surface area contributed by atoms with Crippen LogP contribution in [0.1, 0.15) is 39.2 Å². The van der Waals surface area contributed by atoms with Gasteiger partial charge in [-0.3, -0.25) is 0 Å². The molecular weight excluding hydrogens is 262 g/mol. The molecule has 0 radical (unpaired) electrons. The predicted octanol–water partition coefficient (Wildman–Crippen LogP) is 2.61. The summed E-state index contributed by atoms with van der Waals surface area (Å²) >= 11 is 0. The highest BCUT2D eigenvalue weighted by molar-refractivity contribution is 5.57. The minimum Gasteiger partial charge on any atom is -0.370 e. The second-order valence-corrected chi connectivity index (χ2v) is 5.76. The third kappa shape index (κ3) is 4.30. The highest BCUT2D eigenvalue weighted by Crippen LogP contribution is 2.23. The summed E-state index contributed by atoms with van der Waals surface area (Å²) < 4.78 is 0. The number of nitrogens with one attached hydrogen (secondary N) is 2. The van der Waals surface area contributed by atoms with E-state index in [-0.39, 0.29) is 0 Å². The van der Waals surface area contributed by atoms with Gasteiger partial charge in [-0.1, -0.05) is 20.3 Å².